The van der Waals surface area contributed by atoms with Gasteiger partial charge in [0.1, 0.15) is 17.9 Å². The molecule has 0 aliphatic carbocycles. The molecular formula is C35H31N3O4. The van der Waals surface area contributed by atoms with Crippen LogP contribution in [-0.4, -0.2) is 34.9 Å². The van der Waals surface area contributed by atoms with Crippen molar-refractivity contribution in [1.29, 1.82) is 0 Å². The maximum atomic E-state index is 14.1. The number of hydrogen-bond donors (Lipinski definition) is 1. The number of benzene rings is 4. The van der Waals surface area contributed by atoms with Crippen molar-refractivity contribution in [2.45, 2.75) is 13.5 Å². The van der Waals surface area contributed by atoms with Crippen LogP contribution in [0.25, 0.3) is 39.2 Å². The molecule has 0 aliphatic rings. The molecule has 6 aromatic rings. The Balaban J connectivity index is 1.35. The lowest BCUT2D eigenvalue weighted by atomic mass is 10.0. The molecule has 6 rings (SSSR count). The van der Waals surface area contributed by atoms with E-state index in [0.29, 0.717) is 48.1 Å². The van der Waals surface area contributed by atoms with Crippen molar-refractivity contribution < 1.29 is 14.2 Å². The summed E-state index contributed by atoms with van der Waals surface area (Å²) in [4.78, 5) is 17.6. The van der Waals surface area contributed by atoms with Crippen LogP contribution >= 0.6 is 0 Å². The summed E-state index contributed by atoms with van der Waals surface area (Å²) in [5.74, 6) is 1.11. The zero-order valence-electron chi connectivity index (χ0n) is 23.5. The number of aryl methyl sites for hydroxylation is 1. The van der Waals surface area contributed by atoms with Crippen molar-refractivity contribution in [3.05, 3.63) is 131 Å². The van der Waals surface area contributed by atoms with E-state index in [1.54, 1.807) is 7.11 Å². The van der Waals surface area contributed by atoms with E-state index in [9.17, 15) is 4.79 Å². The standard InChI is InChI=1S/C35H31N3O4/c1-24-31(28-18-19-29(40-2)30(22-28)42-21-20-41-23-25-12-6-3-7-13-25)35(39)38-34(36-24)32(26-14-8-4-9-15-26)33(37-38)27-16-10-5-11-17-27/h3-19,22,36H,20-21,23H2,1-2H3. The molecule has 7 nitrogen and oxygen atoms in total. The van der Waals surface area contributed by atoms with Gasteiger partial charge in [-0.25, -0.2) is 0 Å². The molecule has 0 saturated carbocycles. The molecule has 7 heteroatoms. The minimum absolute atomic E-state index is 0.220. The number of ether oxygens (including phenoxy) is 3. The fraction of sp³-hybridized carbons (Fsp3) is 0.143. The topological polar surface area (TPSA) is 77.8 Å². The SMILES string of the molecule is COc1ccc(-c2c(C)[nH]c3c(-c4ccccc4)c(-c4ccccc4)nn3c2=O)cc1OCCOCc1ccccc1. The van der Waals surface area contributed by atoms with Crippen LogP contribution in [0.5, 0.6) is 11.5 Å². The van der Waals surface area contributed by atoms with Gasteiger partial charge in [0, 0.05) is 11.3 Å². The molecule has 0 atom stereocenters. The molecule has 0 radical (unpaired) electrons. The Kier molecular flexibility index (Phi) is 7.83. The number of nitrogens with zero attached hydrogens (tertiary/aromatic N) is 2. The maximum absolute atomic E-state index is 14.1. The second kappa shape index (κ2) is 12.2. The molecule has 42 heavy (non-hydrogen) atoms. The number of hydrogen-bond acceptors (Lipinski definition) is 5. The quantitative estimate of drug-likeness (QED) is 0.185. The van der Waals surface area contributed by atoms with E-state index < -0.39 is 0 Å². The first-order valence-corrected chi connectivity index (χ1v) is 13.8. The summed E-state index contributed by atoms with van der Waals surface area (Å²) in [6.07, 6.45) is 0. The molecular weight excluding hydrogens is 526 g/mol. The predicted molar refractivity (Wildman–Crippen MR) is 165 cm³/mol. The molecule has 0 amide bonds. The highest BCUT2D eigenvalue weighted by Crippen LogP contribution is 2.36. The highest BCUT2D eigenvalue weighted by atomic mass is 16.5. The minimum atomic E-state index is -0.220. The van der Waals surface area contributed by atoms with E-state index in [-0.39, 0.29) is 5.56 Å². The smallest absolute Gasteiger partial charge is 0.282 e. The van der Waals surface area contributed by atoms with Crippen molar-refractivity contribution in [3.63, 3.8) is 0 Å². The van der Waals surface area contributed by atoms with Gasteiger partial charge in [0.2, 0.25) is 0 Å². The van der Waals surface area contributed by atoms with Crippen molar-refractivity contribution >= 4 is 5.65 Å². The van der Waals surface area contributed by atoms with Gasteiger partial charge in [-0.05, 0) is 35.7 Å². The molecule has 4 aromatic carbocycles. The number of methoxy groups -OCH3 is 1. The number of aromatic amines is 1. The van der Waals surface area contributed by atoms with Gasteiger partial charge in [0.05, 0.1) is 31.5 Å². The van der Waals surface area contributed by atoms with Crippen LogP contribution in [-0.2, 0) is 11.3 Å². The van der Waals surface area contributed by atoms with Crippen molar-refractivity contribution in [1.82, 2.24) is 14.6 Å². The fourth-order valence-electron chi connectivity index (χ4n) is 5.12. The van der Waals surface area contributed by atoms with Gasteiger partial charge in [-0.3, -0.25) is 4.79 Å². The molecule has 0 aliphatic heterocycles. The van der Waals surface area contributed by atoms with Gasteiger partial charge >= 0.3 is 0 Å². The number of fused-ring (bicyclic) bond motifs is 1. The third kappa shape index (κ3) is 5.42. The van der Waals surface area contributed by atoms with Crippen LogP contribution in [0.2, 0.25) is 0 Å². The van der Waals surface area contributed by atoms with Crippen LogP contribution in [0.15, 0.2) is 114 Å². The van der Waals surface area contributed by atoms with Crippen LogP contribution in [0, 0.1) is 6.92 Å². The van der Waals surface area contributed by atoms with Crippen molar-refractivity contribution in [2.24, 2.45) is 0 Å². The second-order valence-electron chi connectivity index (χ2n) is 9.90. The predicted octanol–water partition coefficient (Wildman–Crippen LogP) is 6.94. The van der Waals surface area contributed by atoms with Gasteiger partial charge in [-0.2, -0.15) is 9.61 Å². The van der Waals surface area contributed by atoms with E-state index in [2.05, 4.69) is 4.98 Å². The molecule has 0 fully saturated rings. The average Bonchev–Trinajstić information content (AvgIpc) is 3.42. The molecule has 0 saturated heterocycles. The summed E-state index contributed by atoms with van der Waals surface area (Å²) in [6.45, 7) is 3.16. The van der Waals surface area contributed by atoms with Gasteiger partial charge in [-0.15, -0.1) is 0 Å². The Labute approximate surface area is 244 Å². The first kappa shape index (κ1) is 27.1. The Morgan fingerprint density at radius 2 is 1.40 bits per heavy atom. The van der Waals surface area contributed by atoms with Crippen LogP contribution in [0.1, 0.15) is 11.3 Å². The lowest BCUT2D eigenvalue weighted by Crippen LogP contribution is -2.19. The largest absolute Gasteiger partial charge is 0.493 e. The summed E-state index contributed by atoms with van der Waals surface area (Å²) in [5.41, 5.74) is 6.99. The number of rotatable bonds is 10. The molecule has 0 bridgehead atoms. The Bertz CT molecular complexity index is 1860. The Morgan fingerprint density at radius 1 is 0.738 bits per heavy atom. The van der Waals surface area contributed by atoms with Crippen molar-refractivity contribution in [3.8, 4) is 45.0 Å². The average molecular weight is 558 g/mol. The number of aromatic nitrogens is 3. The summed E-state index contributed by atoms with van der Waals surface area (Å²) in [6, 6.07) is 35.4. The Morgan fingerprint density at radius 3 is 2.10 bits per heavy atom. The zero-order valence-corrected chi connectivity index (χ0v) is 23.5. The summed E-state index contributed by atoms with van der Waals surface area (Å²) >= 11 is 0. The highest BCUT2D eigenvalue weighted by molar-refractivity contribution is 5.91. The summed E-state index contributed by atoms with van der Waals surface area (Å²) in [5, 5.41) is 4.84. The van der Waals surface area contributed by atoms with Crippen LogP contribution < -0.4 is 15.0 Å². The molecule has 1 N–H and O–H groups in total. The minimum Gasteiger partial charge on any atom is -0.493 e. The Hall–Kier alpha value is -5.14. The van der Waals surface area contributed by atoms with E-state index in [1.165, 1.54) is 4.52 Å². The highest BCUT2D eigenvalue weighted by Gasteiger charge is 2.22. The zero-order chi connectivity index (χ0) is 28.9. The van der Waals surface area contributed by atoms with Gasteiger partial charge in [0.15, 0.2) is 11.5 Å². The third-order valence-electron chi connectivity index (χ3n) is 7.13. The third-order valence-corrected chi connectivity index (χ3v) is 7.13. The molecule has 2 heterocycles. The van der Waals surface area contributed by atoms with Crippen LogP contribution in [0.3, 0.4) is 0 Å². The lowest BCUT2D eigenvalue weighted by Gasteiger charge is -2.14. The monoisotopic (exact) mass is 557 g/mol. The molecule has 0 unspecified atom stereocenters. The number of nitrogens with one attached hydrogen (secondary N) is 1. The molecule has 0 spiro atoms. The lowest BCUT2D eigenvalue weighted by molar-refractivity contribution is 0.0880. The molecule has 210 valence electrons. The maximum Gasteiger partial charge on any atom is 0.282 e. The van der Waals surface area contributed by atoms with Crippen LogP contribution in [0.4, 0.5) is 0 Å². The number of H-pyrrole nitrogens is 1. The fourth-order valence-corrected chi connectivity index (χ4v) is 5.12. The van der Waals surface area contributed by atoms with Gasteiger partial charge < -0.3 is 19.2 Å². The van der Waals surface area contributed by atoms with Gasteiger partial charge in [-0.1, -0.05) is 97.1 Å². The van der Waals surface area contributed by atoms with Crippen molar-refractivity contribution in [2.75, 3.05) is 20.3 Å². The second-order valence-corrected chi connectivity index (χ2v) is 9.90. The first-order chi connectivity index (χ1) is 20.6. The van der Waals surface area contributed by atoms with E-state index in [0.717, 1.165) is 33.6 Å². The van der Waals surface area contributed by atoms with E-state index >= 15 is 0 Å². The molecule has 2 aromatic heterocycles. The van der Waals surface area contributed by atoms with E-state index in [1.807, 2.05) is 116 Å². The normalized spacial score (nSPS) is 11.1. The summed E-state index contributed by atoms with van der Waals surface area (Å²) < 4.78 is 18.8. The van der Waals surface area contributed by atoms with E-state index in [4.69, 9.17) is 19.3 Å². The van der Waals surface area contributed by atoms with Gasteiger partial charge in [0.25, 0.3) is 5.56 Å². The summed E-state index contributed by atoms with van der Waals surface area (Å²) in [7, 11) is 1.60. The first-order valence-electron chi connectivity index (χ1n) is 13.8.